The van der Waals surface area contributed by atoms with Crippen LogP contribution in [0.15, 0.2) is 81.1 Å². The molecule has 1 amide bonds. The number of amides is 1. The minimum Gasteiger partial charge on any atom is -0.493 e. The second kappa shape index (κ2) is 12.1. The third-order valence-corrected chi connectivity index (χ3v) is 6.97. The van der Waals surface area contributed by atoms with Gasteiger partial charge in [-0.3, -0.25) is 9.69 Å². The van der Waals surface area contributed by atoms with Crippen molar-refractivity contribution in [3.05, 3.63) is 92.8 Å². The van der Waals surface area contributed by atoms with Crippen molar-refractivity contribution in [1.82, 2.24) is 4.90 Å². The number of ether oxygens (including phenoxy) is 3. The summed E-state index contributed by atoms with van der Waals surface area (Å²) in [4.78, 5) is 31.5. The maximum atomic E-state index is 12.9. The number of nitrogens with zero attached hydrogens (tertiary/aromatic N) is 2. The normalized spacial score (nSPS) is 15.4. The van der Waals surface area contributed by atoms with E-state index >= 15 is 0 Å². The summed E-state index contributed by atoms with van der Waals surface area (Å²) in [6.07, 6.45) is 1.79. The number of likely N-dealkylation sites (N-methyl/N-ethyl adjacent to an activating group) is 1. The van der Waals surface area contributed by atoms with E-state index in [0.717, 1.165) is 15.6 Å². The average molecular weight is 581 g/mol. The van der Waals surface area contributed by atoms with Crippen LogP contribution >= 0.6 is 27.7 Å². The molecule has 7 nitrogen and oxygen atoms in total. The lowest BCUT2D eigenvalue weighted by Gasteiger charge is -2.11. The van der Waals surface area contributed by atoms with Crippen LogP contribution in [0.25, 0.3) is 6.08 Å². The molecule has 3 aromatic carbocycles. The van der Waals surface area contributed by atoms with Gasteiger partial charge >= 0.3 is 5.97 Å². The van der Waals surface area contributed by atoms with Crippen molar-refractivity contribution in [3.8, 4) is 11.5 Å². The van der Waals surface area contributed by atoms with Gasteiger partial charge in [-0.05, 0) is 78.4 Å². The number of thioether (sulfide) groups is 1. The number of amidine groups is 1. The van der Waals surface area contributed by atoms with Gasteiger partial charge in [0.05, 0.1) is 29.9 Å². The van der Waals surface area contributed by atoms with E-state index < -0.39 is 5.97 Å². The topological polar surface area (TPSA) is 77.4 Å². The van der Waals surface area contributed by atoms with Gasteiger partial charge in [-0.2, -0.15) is 0 Å². The van der Waals surface area contributed by atoms with Gasteiger partial charge in [-0.15, -0.1) is 0 Å². The number of halogens is 1. The second-order valence-electron chi connectivity index (χ2n) is 7.97. The van der Waals surface area contributed by atoms with Crippen LogP contribution in [0.3, 0.4) is 0 Å². The van der Waals surface area contributed by atoms with Crippen LogP contribution in [-0.2, 0) is 16.1 Å². The molecule has 1 fully saturated rings. The Kier molecular flexibility index (Phi) is 8.68. The summed E-state index contributed by atoms with van der Waals surface area (Å²) in [5.41, 5.74) is 2.79. The van der Waals surface area contributed by atoms with Crippen LogP contribution in [0, 0.1) is 0 Å². The van der Waals surface area contributed by atoms with E-state index in [9.17, 15) is 9.59 Å². The Balaban J connectivity index is 1.51. The highest BCUT2D eigenvalue weighted by Gasteiger charge is 2.30. The maximum absolute atomic E-state index is 12.9. The highest BCUT2D eigenvalue weighted by molar-refractivity contribution is 9.10. The molecule has 0 aromatic heterocycles. The molecule has 9 heteroatoms. The van der Waals surface area contributed by atoms with Crippen LogP contribution in [0.5, 0.6) is 11.5 Å². The molecule has 3 aromatic rings. The highest BCUT2D eigenvalue weighted by atomic mass is 79.9. The molecule has 0 unspecified atom stereocenters. The van der Waals surface area contributed by atoms with E-state index in [4.69, 9.17) is 14.2 Å². The van der Waals surface area contributed by atoms with Crippen LogP contribution in [0.4, 0.5) is 5.69 Å². The average Bonchev–Trinajstić information content (AvgIpc) is 3.16. The Morgan fingerprint density at radius 1 is 1.08 bits per heavy atom. The van der Waals surface area contributed by atoms with E-state index in [2.05, 4.69) is 20.9 Å². The zero-order chi connectivity index (χ0) is 26.4. The van der Waals surface area contributed by atoms with E-state index in [-0.39, 0.29) is 5.91 Å². The Morgan fingerprint density at radius 2 is 1.86 bits per heavy atom. The fraction of sp³-hybridized carbons (Fsp3) is 0.179. The first kappa shape index (κ1) is 26.5. The van der Waals surface area contributed by atoms with Gasteiger partial charge in [0.2, 0.25) is 0 Å². The molecule has 0 saturated carbocycles. The number of aliphatic imine (C=N–C) groups is 1. The number of hydrogen-bond acceptors (Lipinski definition) is 7. The lowest BCUT2D eigenvalue weighted by atomic mass is 10.2. The Morgan fingerprint density at radius 3 is 2.59 bits per heavy atom. The Labute approximate surface area is 228 Å². The van der Waals surface area contributed by atoms with E-state index in [1.165, 1.54) is 16.7 Å². The van der Waals surface area contributed by atoms with Gasteiger partial charge in [0.25, 0.3) is 5.91 Å². The van der Waals surface area contributed by atoms with Crippen molar-refractivity contribution in [1.29, 1.82) is 0 Å². The molecule has 0 aliphatic carbocycles. The van der Waals surface area contributed by atoms with Crippen molar-refractivity contribution in [2.24, 2.45) is 4.99 Å². The molecule has 0 atom stereocenters. The molecule has 1 saturated heterocycles. The molecule has 1 aliphatic rings. The summed E-state index contributed by atoms with van der Waals surface area (Å²) in [5.74, 6) is 0.602. The van der Waals surface area contributed by atoms with Gasteiger partial charge in [0, 0.05) is 11.5 Å². The second-order valence-corrected chi connectivity index (χ2v) is 9.89. The van der Waals surface area contributed by atoms with Crippen LogP contribution < -0.4 is 9.47 Å². The first-order valence-corrected chi connectivity index (χ1v) is 13.1. The molecule has 0 spiro atoms. The van der Waals surface area contributed by atoms with Crippen molar-refractivity contribution in [3.63, 3.8) is 0 Å². The largest absolute Gasteiger partial charge is 0.493 e. The van der Waals surface area contributed by atoms with Gasteiger partial charge in [-0.25, -0.2) is 9.79 Å². The first-order valence-electron chi connectivity index (χ1n) is 11.5. The van der Waals surface area contributed by atoms with Gasteiger partial charge in [0.1, 0.15) is 6.61 Å². The molecular weight excluding hydrogens is 556 g/mol. The fourth-order valence-corrected chi connectivity index (χ4v) is 4.72. The van der Waals surface area contributed by atoms with E-state index in [0.29, 0.717) is 46.0 Å². The van der Waals surface area contributed by atoms with Crippen LogP contribution in [0.2, 0.25) is 0 Å². The predicted molar refractivity (Wildman–Crippen MR) is 149 cm³/mol. The number of carbonyl (C=O) groups is 2. The number of methoxy groups -OCH3 is 1. The number of carbonyl (C=O) groups excluding carboxylic acids is 2. The molecule has 1 heterocycles. The Bertz CT molecular complexity index is 1370. The zero-order valence-corrected chi connectivity index (χ0v) is 23.0. The third-order valence-electron chi connectivity index (χ3n) is 5.38. The molecular formula is C28H25BrN2O5S. The smallest absolute Gasteiger partial charge is 0.338 e. The molecule has 0 N–H and O–H groups in total. The molecule has 0 radical (unpaired) electrons. The van der Waals surface area contributed by atoms with Gasteiger partial charge in [0.15, 0.2) is 16.7 Å². The maximum Gasteiger partial charge on any atom is 0.338 e. The monoisotopic (exact) mass is 580 g/mol. The summed E-state index contributed by atoms with van der Waals surface area (Å²) in [6, 6.07) is 20.3. The summed E-state index contributed by atoms with van der Waals surface area (Å²) in [5, 5.41) is 0.513. The van der Waals surface area contributed by atoms with Crippen molar-refractivity contribution < 1.29 is 23.8 Å². The molecule has 0 bridgehead atoms. The number of hydrogen-bond donors (Lipinski definition) is 0. The van der Waals surface area contributed by atoms with Gasteiger partial charge in [-0.1, -0.05) is 40.2 Å². The number of esters is 1. The first-order chi connectivity index (χ1) is 17.9. The van der Waals surface area contributed by atoms with E-state index in [1.807, 2.05) is 42.5 Å². The standard InChI is InChI=1S/C28H25BrN2O5S/c1-4-35-27(33)20-6-5-7-22(16-20)30-28-31(2)26(32)25(37-28)15-19-10-13-23(24(14-19)34-3)36-17-18-8-11-21(29)12-9-18/h5-16H,4,17H2,1-3H3. The number of rotatable bonds is 8. The minimum atomic E-state index is -0.410. The van der Waals surface area contributed by atoms with Crippen molar-refractivity contribution in [2.75, 3.05) is 20.8 Å². The highest BCUT2D eigenvalue weighted by Crippen LogP contribution is 2.35. The Hall–Kier alpha value is -3.56. The molecule has 4 rings (SSSR count). The quantitative estimate of drug-likeness (QED) is 0.225. The van der Waals surface area contributed by atoms with E-state index in [1.54, 1.807) is 51.4 Å². The predicted octanol–water partition coefficient (Wildman–Crippen LogP) is 6.45. The zero-order valence-electron chi connectivity index (χ0n) is 20.6. The van der Waals surface area contributed by atoms with Crippen LogP contribution in [-0.4, -0.2) is 42.7 Å². The van der Waals surface area contributed by atoms with Crippen LogP contribution in [0.1, 0.15) is 28.4 Å². The lowest BCUT2D eigenvalue weighted by Crippen LogP contribution is -2.23. The van der Waals surface area contributed by atoms with Gasteiger partial charge < -0.3 is 14.2 Å². The number of benzene rings is 3. The summed E-state index contributed by atoms with van der Waals surface area (Å²) < 4.78 is 17.5. The summed E-state index contributed by atoms with van der Waals surface area (Å²) in [6.45, 7) is 2.45. The third kappa shape index (κ3) is 6.61. The molecule has 190 valence electrons. The lowest BCUT2D eigenvalue weighted by molar-refractivity contribution is -0.121. The SMILES string of the molecule is CCOC(=O)c1cccc(N=C2SC(=Cc3ccc(OCc4ccc(Br)cc4)c(OC)c3)C(=O)N2C)c1. The molecule has 37 heavy (non-hydrogen) atoms. The fourth-order valence-electron chi connectivity index (χ4n) is 3.47. The molecule has 1 aliphatic heterocycles. The minimum absolute atomic E-state index is 0.167. The van der Waals surface area contributed by atoms with Crippen molar-refractivity contribution >= 4 is 56.5 Å². The summed E-state index contributed by atoms with van der Waals surface area (Å²) in [7, 11) is 3.25. The van der Waals surface area contributed by atoms with Crippen molar-refractivity contribution in [2.45, 2.75) is 13.5 Å². The summed E-state index contributed by atoms with van der Waals surface area (Å²) >= 11 is 4.69.